The van der Waals surface area contributed by atoms with Crippen LogP contribution in [0, 0.1) is 5.41 Å². The molecule has 0 aromatic heterocycles. The van der Waals surface area contributed by atoms with Crippen molar-refractivity contribution < 1.29 is 4.74 Å². The van der Waals surface area contributed by atoms with Crippen LogP contribution in [-0.4, -0.2) is 50.3 Å². The number of nitrogens with zero attached hydrogens (tertiary/aromatic N) is 1. The van der Waals surface area contributed by atoms with Crippen LogP contribution in [0.4, 0.5) is 0 Å². The van der Waals surface area contributed by atoms with Crippen molar-refractivity contribution in [1.82, 2.24) is 10.2 Å². The summed E-state index contributed by atoms with van der Waals surface area (Å²) in [4.78, 5) is 2.70. The van der Waals surface area contributed by atoms with E-state index in [0.717, 1.165) is 18.6 Å². The van der Waals surface area contributed by atoms with Crippen molar-refractivity contribution >= 4 is 0 Å². The molecule has 3 aliphatic rings. The zero-order chi connectivity index (χ0) is 12.4. The molecule has 0 aromatic carbocycles. The summed E-state index contributed by atoms with van der Waals surface area (Å²) in [6, 6.07) is 1.25. The summed E-state index contributed by atoms with van der Waals surface area (Å²) in [5.74, 6) is 0. The second-order valence-electron chi connectivity index (χ2n) is 6.57. The maximum Gasteiger partial charge on any atom is 0.0637 e. The highest BCUT2D eigenvalue weighted by Crippen LogP contribution is 2.46. The van der Waals surface area contributed by atoms with Gasteiger partial charge >= 0.3 is 0 Å². The van der Waals surface area contributed by atoms with Crippen LogP contribution >= 0.6 is 0 Å². The van der Waals surface area contributed by atoms with Crippen LogP contribution in [0.25, 0.3) is 0 Å². The fourth-order valence-corrected chi connectivity index (χ4v) is 4.37. The van der Waals surface area contributed by atoms with Gasteiger partial charge in [-0.15, -0.1) is 0 Å². The van der Waals surface area contributed by atoms with Gasteiger partial charge in [-0.2, -0.15) is 0 Å². The Balaban J connectivity index is 1.57. The largest absolute Gasteiger partial charge is 0.380 e. The van der Waals surface area contributed by atoms with E-state index < -0.39 is 0 Å². The Morgan fingerprint density at radius 1 is 1.11 bits per heavy atom. The maximum absolute atomic E-state index is 5.70. The minimum atomic E-state index is 0.613. The van der Waals surface area contributed by atoms with Crippen LogP contribution in [0.2, 0.25) is 0 Å². The first kappa shape index (κ1) is 12.9. The molecule has 1 aliphatic carbocycles. The Hall–Kier alpha value is -0.120. The summed E-state index contributed by atoms with van der Waals surface area (Å²) in [6.07, 6.45) is 9.98. The first-order valence-corrected chi connectivity index (χ1v) is 7.82. The van der Waals surface area contributed by atoms with E-state index in [9.17, 15) is 0 Å². The van der Waals surface area contributed by atoms with Crippen molar-refractivity contribution in [2.24, 2.45) is 5.41 Å². The summed E-state index contributed by atoms with van der Waals surface area (Å²) >= 11 is 0. The molecule has 3 heteroatoms. The van der Waals surface area contributed by atoms with Crippen molar-refractivity contribution in [3.8, 4) is 0 Å². The number of hydrogen-bond acceptors (Lipinski definition) is 3. The van der Waals surface area contributed by atoms with Gasteiger partial charge in [0.15, 0.2) is 0 Å². The molecule has 1 spiro atoms. The van der Waals surface area contributed by atoms with Gasteiger partial charge < -0.3 is 10.1 Å². The molecule has 3 rings (SSSR count). The minimum Gasteiger partial charge on any atom is -0.380 e. The molecule has 0 bridgehead atoms. The molecule has 18 heavy (non-hydrogen) atoms. The summed E-state index contributed by atoms with van der Waals surface area (Å²) < 4.78 is 5.70. The SMILES string of the molecule is CNC1CCOCC1N1CCC2(CCCC2)CC1. The van der Waals surface area contributed by atoms with Crippen LogP contribution in [0.15, 0.2) is 0 Å². The summed E-state index contributed by atoms with van der Waals surface area (Å²) in [6.45, 7) is 4.46. The fourth-order valence-electron chi connectivity index (χ4n) is 4.37. The molecule has 2 aliphatic heterocycles. The predicted octanol–water partition coefficient (Wildman–Crippen LogP) is 2.02. The van der Waals surface area contributed by atoms with Gasteiger partial charge in [-0.05, 0) is 57.7 Å². The number of piperidine rings is 1. The molecule has 1 saturated carbocycles. The molecule has 2 saturated heterocycles. The van der Waals surface area contributed by atoms with E-state index in [1.165, 1.54) is 58.0 Å². The van der Waals surface area contributed by atoms with Crippen molar-refractivity contribution in [2.75, 3.05) is 33.4 Å². The van der Waals surface area contributed by atoms with Gasteiger partial charge in [0.1, 0.15) is 0 Å². The molecule has 104 valence electrons. The quantitative estimate of drug-likeness (QED) is 0.814. The molecular weight excluding hydrogens is 224 g/mol. The van der Waals surface area contributed by atoms with Crippen LogP contribution in [0.3, 0.4) is 0 Å². The molecule has 2 atom stereocenters. The highest BCUT2D eigenvalue weighted by atomic mass is 16.5. The first-order chi connectivity index (χ1) is 8.83. The molecule has 0 amide bonds. The number of ether oxygens (including phenoxy) is 1. The van der Waals surface area contributed by atoms with Crippen LogP contribution < -0.4 is 5.32 Å². The molecule has 0 aromatic rings. The Morgan fingerprint density at radius 2 is 1.83 bits per heavy atom. The van der Waals surface area contributed by atoms with Gasteiger partial charge in [0.2, 0.25) is 0 Å². The summed E-state index contributed by atoms with van der Waals surface area (Å²) in [7, 11) is 2.10. The van der Waals surface area contributed by atoms with E-state index in [2.05, 4.69) is 17.3 Å². The topological polar surface area (TPSA) is 24.5 Å². The van der Waals surface area contributed by atoms with E-state index in [-0.39, 0.29) is 0 Å². The van der Waals surface area contributed by atoms with E-state index in [0.29, 0.717) is 12.1 Å². The van der Waals surface area contributed by atoms with Crippen LogP contribution in [-0.2, 0) is 4.74 Å². The molecule has 3 nitrogen and oxygen atoms in total. The number of likely N-dealkylation sites (tertiary alicyclic amines) is 1. The normalized spacial score (nSPS) is 37.2. The first-order valence-electron chi connectivity index (χ1n) is 7.82. The van der Waals surface area contributed by atoms with Gasteiger partial charge in [0.25, 0.3) is 0 Å². The number of nitrogens with one attached hydrogen (secondary N) is 1. The van der Waals surface area contributed by atoms with Crippen molar-refractivity contribution in [3.63, 3.8) is 0 Å². The number of hydrogen-bond donors (Lipinski definition) is 1. The zero-order valence-electron chi connectivity index (χ0n) is 11.8. The summed E-state index contributed by atoms with van der Waals surface area (Å²) in [5.41, 5.74) is 0.737. The molecule has 2 heterocycles. The molecule has 3 fully saturated rings. The van der Waals surface area contributed by atoms with E-state index in [1.54, 1.807) is 0 Å². The predicted molar refractivity (Wildman–Crippen MR) is 73.8 cm³/mol. The standard InChI is InChI=1S/C15H28N2O/c1-16-13-4-11-18-12-14(13)17-9-7-15(8-10-17)5-2-3-6-15/h13-14,16H,2-12H2,1H3. The third-order valence-corrected chi connectivity index (χ3v) is 5.69. The Kier molecular flexibility index (Phi) is 3.92. The molecule has 2 unspecified atom stereocenters. The van der Waals surface area contributed by atoms with Gasteiger partial charge in [-0.25, -0.2) is 0 Å². The van der Waals surface area contributed by atoms with Crippen molar-refractivity contribution in [1.29, 1.82) is 0 Å². The van der Waals surface area contributed by atoms with Gasteiger partial charge in [-0.1, -0.05) is 12.8 Å². The Bertz CT molecular complexity index is 266. The maximum atomic E-state index is 5.70. The van der Waals surface area contributed by atoms with E-state index >= 15 is 0 Å². The third kappa shape index (κ3) is 2.45. The average molecular weight is 252 g/mol. The van der Waals surface area contributed by atoms with Crippen LogP contribution in [0.1, 0.15) is 44.9 Å². The Labute approximate surface area is 111 Å². The zero-order valence-corrected chi connectivity index (χ0v) is 11.8. The highest BCUT2D eigenvalue weighted by molar-refractivity contribution is 4.94. The van der Waals surface area contributed by atoms with Crippen LogP contribution in [0.5, 0.6) is 0 Å². The summed E-state index contributed by atoms with van der Waals surface area (Å²) in [5, 5.41) is 3.49. The lowest BCUT2D eigenvalue weighted by atomic mass is 9.76. The molecular formula is C15H28N2O. The van der Waals surface area contributed by atoms with Gasteiger partial charge in [0.05, 0.1) is 6.61 Å². The van der Waals surface area contributed by atoms with Gasteiger partial charge in [0, 0.05) is 18.7 Å². The van der Waals surface area contributed by atoms with Crippen molar-refractivity contribution in [2.45, 2.75) is 57.0 Å². The average Bonchev–Trinajstić information content (AvgIpc) is 2.88. The fraction of sp³-hybridized carbons (Fsp3) is 1.00. The lowest BCUT2D eigenvalue weighted by Gasteiger charge is -2.46. The number of likely N-dealkylation sites (N-methyl/N-ethyl adjacent to an activating group) is 1. The third-order valence-electron chi connectivity index (χ3n) is 5.69. The number of rotatable bonds is 2. The minimum absolute atomic E-state index is 0.613. The smallest absolute Gasteiger partial charge is 0.0637 e. The van der Waals surface area contributed by atoms with E-state index in [4.69, 9.17) is 4.74 Å². The second-order valence-corrected chi connectivity index (χ2v) is 6.57. The second kappa shape index (κ2) is 5.48. The lowest BCUT2D eigenvalue weighted by molar-refractivity contribution is -0.0244. The highest BCUT2D eigenvalue weighted by Gasteiger charge is 2.40. The Morgan fingerprint density at radius 3 is 2.50 bits per heavy atom. The van der Waals surface area contributed by atoms with E-state index in [1.807, 2.05) is 0 Å². The molecule has 1 N–H and O–H groups in total. The van der Waals surface area contributed by atoms with Crippen molar-refractivity contribution in [3.05, 3.63) is 0 Å². The van der Waals surface area contributed by atoms with Gasteiger partial charge in [-0.3, -0.25) is 4.90 Å². The molecule has 0 radical (unpaired) electrons. The monoisotopic (exact) mass is 252 g/mol. The lowest BCUT2D eigenvalue weighted by Crippen LogP contribution is -2.57.